The summed E-state index contributed by atoms with van der Waals surface area (Å²) in [4.78, 5) is 91.6. The van der Waals surface area contributed by atoms with Crippen LogP contribution in [0.3, 0.4) is 0 Å². The highest BCUT2D eigenvalue weighted by Crippen LogP contribution is 2.42. The van der Waals surface area contributed by atoms with Gasteiger partial charge in [-0.05, 0) is 143 Å². The number of benzene rings is 2. The van der Waals surface area contributed by atoms with Gasteiger partial charge in [-0.2, -0.15) is 0 Å². The Hall–Kier alpha value is -6.15. The molecule has 5 fully saturated rings. The molecule has 1 aliphatic carbocycles. The third kappa shape index (κ3) is 21.3. The number of aliphatic hydroxyl groups excluding tert-OH is 2. The topological polar surface area (TPSA) is 264 Å². The number of methoxy groups -OCH3 is 3. The Balaban J connectivity index is 0.000000301. The number of hydrogen-bond acceptors (Lipinski definition) is 19. The van der Waals surface area contributed by atoms with E-state index in [1.807, 2.05) is 104 Å². The molecule has 1 saturated carbocycles. The molecule has 2 bridgehead atoms. The molecule has 556 valence electrons. The van der Waals surface area contributed by atoms with Crippen LogP contribution >= 0.6 is 23.2 Å². The van der Waals surface area contributed by atoms with Crippen molar-refractivity contribution in [2.24, 2.45) is 35.5 Å². The van der Waals surface area contributed by atoms with Crippen molar-refractivity contribution in [2.45, 2.75) is 205 Å². The minimum absolute atomic E-state index is 0.0193. The van der Waals surface area contributed by atoms with Crippen LogP contribution in [-0.4, -0.2) is 198 Å². The zero-order chi connectivity index (χ0) is 73.3. The average Bonchev–Trinajstić information content (AvgIpc) is 1.76. The number of Topliss-reactive ketones (excluding diaryl/α,β-unsaturated/α-hetero) is 3. The molecule has 0 unspecified atom stereocenters. The van der Waals surface area contributed by atoms with Gasteiger partial charge in [-0.3, -0.25) is 24.0 Å². The second-order valence-electron chi connectivity index (χ2n) is 28.6. The smallest absolute Gasteiger partial charge is 0.329 e. The van der Waals surface area contributed by atoms with Gasteiger partial charge in [0.1, 0.15) is 48.6 Å². The Morgan fingerprint density at radius 3 is 2.24 bits per heavy atom. The summed E-state index contributed by atoms with van der Waals surface area (Å²) < 4.78 is 50.0. The van der Waals surface area contributed by atoms with Crippen LogP contribution in [0, 0.1) is 35.5 Å². The first-order valence-corrected chi connectivity index (χ1v) is 36.6. The number of fused-ring (bicyclic) bond motifs is 3. The SMILES string of the molecule is CC(=O)N1CCN(c2ccc(OC[C@H]3CO[C@](Cn4ccnc4)(c4ccc(Cl)cc4Cl)O3)cc2)CC1.CO[C@H]1C[C@@H]2CC[C@@H](C)[C@@](O)(O2)C(=O)C(=O)N2CCCC[C@H]2C(=O)O[C@H]([C@H](C)C[C@@H]2CC[C@@H](O)[C@H](OC)C2)CC(=O)[C@H](C)/C=C(\C)[C@@H](O)[C@@H](OC)C(=O)[C@H](C)C[C@H](C)/C=C/C=C/C=C/1C. The molecule has 0 spiro atoms. The second-order valence-corrected chi connectivity index (χ2v) is 29.4. The predicted octanol–water partition coefficient (Wildman–Crippen LogP) is 10.4. The Bertz CT molecular complexity index is 3380. The lowest BCUT2D eigenvalue weighted by Gasteiger charge is -2.42. The van der Waals surface area contributed by atoms with Crippen LogP contribution in [0.25, 0.3) is 0 Å². The van der Waals surface area contributed by atoms with Crippen molar-refractivity contribution >= 4 is 64.0 Å². The van der Waals surface area contributed by atoms with E-state index in [4.69, 9.17) is 61.1 Å². The van der Waals surface area contributed by atoms with E-state index in [0.717, 1.165) is 49.6 Å². The highest BCUT2D eigenvalue weighted by atomic mass is 35.5. The fourth-order valence-corrected chi connectivity index (χ4v) is 15.3. The third-order valence-corrected chi connectivity index (χ3v) is 21.5. The molecule has 2 aromatic carbocycles. The molecule has 1 aromatic heterocycles. The van der Waals surface area contributed by atoms with E-state index >= 15 is 0 Å². The number of amides is 2. The highest BCUT2D eigenvalue weighted by molar-refractivity contribution is 6.39. The van der Waals surface area contributed by atoms with Crippen LogP contribution in [-0.2, 0) is 74.3 Å². The molecule has 6 heterocycles. The summed E-state index contributed by atoms with van der Waals surface area (Å²) in [5.41, 5.74) is 3.09. The fourth-order valence-electron chi connectivity index (χ4n) is 14.7. The first kappa shape index (κ1) is 80.5. The van der Waals surface area contributed by atoms with Crippen molar-refractivity contribution < 1.29 is 82.0 Å². The molecule has 3 N–H and O–H groups in total. The number of hydrogen-bond donors (Lipinski definition) is 3. The van der Waals surface area contributed by atoms with Gasteiger partial charge in [-0.1, -0.05) is 100 Å². The van der Waals surface area contributed by atoms with Gasteiger partial charge in [0, 0.05) is 120 Å². The number of piperidine rings is 1. The molecular formula is C77H107Cl2N5O17. The first-order chi connectivity index (χ1) is 48.2. The number of rotatable bonds is 13. The molecule has 6 aliphatic rings. The Morgan fingerprint density at radius 1 is 0.822 bits per heavy atom. The van der Waals surface area contributed by atoms with Crippen molar-refractivity contribution in [2.75, 3.05) is 72.2 Å². The molecule has 22 nitrogen and oxygen atoms in total. The van der Waals surface area contributed by atoms with Crippen molar-refractivity contribution in [3.05, 3.63) is 124 Å². The number of allylic oxidation sites excluding steroid dienone is 6. The molecule has 4 saturated heterocycles. The van der Waals surface area contributed by atoms with Crippen LogP contribution in [0.5, 0.6) is 5.75 Å². The molecule has 24 heteroatoms. The highest BCUT2D eigenvalue weighted by Gasteiger charge is 2.53. The van der Waals surface area contributed by atoms with E-state index in [1.54, 1.807) is 72.6 Å². The maximum absolute atomic E-state index is 14.4. The first-order valence-electron chi connectivity index (χ1n) is 35.8. The number of aliphatic hydroxyl groups is 3. The van der Waals surface area contributed by atoms with E-state index < -0.39 is 89.7 Å². The minimum Gasteiger partial charge on any atom is -0.491 e. The van der Waals surface area contributed by atoms with Crippen molar-refractivity contribution in [1.82, 2.24) is 19.4 Å². The lowest BCUT2D eigenvalue weighted by atomic mass is 9.78. The molecule has 17 atom stereocenters. The number of ether oxygens (including phenoxy) is 8. The quantitative estimate of drug-likeness (QED) is 0.0816. The maximum atomic E-state index is 14.4. The molecule has 0 radical (unpaired) electrons. The lowest BCUT2D eigenvalue weighted by molar-refractivity contribution is -0.265. The Labute approximate surface area is 605 Å². The van der Waals surface area contributed by atoms with Gasteiger partial charge in [0.2, 0.25) is 17.5 Å². The van der Waals surface area contributed by atoms with Gasteiger partial charge in [0.15, 0.2) is 5.78 Å². The predicted molar refractivity (Wildman–Crippen MR) is 383 cm³/mol. The number of cyclic esters (lactones) is 1. The number of ketones is 3. The van der Waals surface area contributed by atoms with Gasteiger partial charge < -0.3 is 72.5 Å². The summed E-state index contributed by atoms with van der Waals surface area (Å²) >= 11 is 12.7. The average molecular weight is 1450 g/mol. The molecule has 3 aromatic rings. The van der Waals surface area contributed by atoms with Crippen LogP contribution in [0.15, 0.2) is 109 Å². The number of halogens is 2. The number of nitrogens with zero attached hydrogens (tertiary/aromatic N) is 5. The second kappa shape index (κ2) is 37.5. The van der Waals surface area contributed by atoms with Crippen LogP contribution < -0.4 is 9.64 Å². The number of carbonyl (C=O) groups is 6. The lowest BCUT2D eigenvalue weighted by Crippen LogP contribution is -2.61. The van der Waals surface area contributed by atoms with Crippen molar-refractivity contribution in [1.29, 1.82) is 0 Å². The third-order valence-electron chi connectivity index (χ3n) is 21.0. The summed E-state index contributed by atoms with van der Waals surface area (Å²) in [5, 5.41) is 34.9. The Kier molecular flexibility index (Phi) is 29.9. The monoisotopic (exact) mass is 1440 g/mol. The zero-order valence-electron chi connectivity index (χ0n) is 60.6. The molecular weight excluding hydrogens is 1340 g/mol. The van der Waals surface area contributed by atoms with Gasteiger partial charge >= 0.3 is 5.97 Å². The van der Waals surface area contributed by atoms with Crippen LogP contribution in [0.4, 0.5) is 5.69 Å². The number of piperazine rings is 1. The van der Waals surface area contributed by atoms with Crippen molar-refractivity contribution in [3.63, 3.8) is 0 Å². The summed E-state index contributed by atoms with van der Waals surface area (Å²) in [6, 6.07) is 12.2. The van der Waals surface area contributed by atoms with Gasteiger partial charge in [0.25, 0.3) is 11.7 Å². The number of aromatic nitrogens is 2. The number of esters is 1. The van der Waals surface area contributed by atoms with E-state index in [9.17, 15) is 44.1 Å². The van der Waals surface area contributed by atoms with Crippen molar-refractivity contribution in [3.8, 4) is 5.75 Å². The maximum Gasteiger partial charge on any atom is 0.329 e. The number of carbonyl (C=O) groups excluding carboxylic acids is 6. The normalized spacial score (nSPS) is 33.9. The fraction of sp³-hybridized carbons (Fsp3) is 0.623. The standard InChI is InChI=1S/C51H79NO13.C26H28Cl2N4O4/c1-30-16-12-11-13-17-31(2)42(61-8)28-38-21-19-36(7)51(60,65-38)48(57)49(58)52-23-15-14-18-39(52)50(59)64-43(33(4)26-37-20-22-40(53)44(27-37)62-9)29-41(54)32(3)25-35(6)46(56)47(63-10)45(55)34(5)24-30;1-19(33)31-10-12-32(13-11-31)21-3-5-22(6-4-21)34-15-23-16-35-26(36-23,17-30-9-8-29-18-30)24-7-2-20(27)14-25(24)28/h11-13,16-17,25,30,32-34,36-40,42-44,46-47,53,56,60H,14-15,18-24,26-29H2,1-10H3;2-9,14,18,23H,10-13,15-17H2,1H3/b13-11+,16-12+,31-17+,35-25+;/t30-,32-,33-,34-,36-,37+,38+,39+,40-,42+,43+,44-,46-,47+,51-;23-,26-/m10/s1. The summed E-state index contributed by atoms with van der Waals surface area (Å²) in [5.74, 6) is -8.16. The zero-order valence-corrected chi connectivity index (χ0v) is 62.1. The van der Waals surface area contributed by atoms with E-state index in [1.165, 1.54) is 12.0 Å². The van der Waals surface area contributed by atoms with Crippen LogP contribution in [0.2, 0.25) is 10.0 Å². The van der Waals surface area contributed by atoms with E-state index in [0.29, 0.717) is 98.7 Å². The molecule has 9 rings (SSSR count). The van der Waals surface area contributed by atoms with E-state index in [-0.39, 0.29) is 66.8 Å². The van der Waals surface area contributed by atoms with Gasteiger partial charge in [0.05, 0.1) is 48.9 Å². The molecule has 5 aliphatic heterocycles. The summed E-state index contributed by atoms with van der Waals surface area (Å²) in [6.07, 6.45) is 16.2. The molecule has 101 heavy (non-hydrogen) atoms. The number of anilines is 1. The molecule has 2 amide bonds. The van der Waals surface area contributed by atoms with Gasteiger partial charge in [-0.15, -0.1) is 0 Å². The summed E-state index contributed by atoms with van der Waals surface area (Å²) in [6.45, 7) is 18.5. The van der Waals surface area contributed by atoms with E-state index in [2.05, 4.69) is 9.88 Å². The van der Waals surface area contributed by atoms with Gasteiger partial charge in [-0.25, -0.2) is 9.78 Å². The Morgan fingerprint density at radius 2 is 1.56 bits per heavy atom. The summed E-state index contributed by atoms with van der Waals surface area (Å²) in [7, 11) is 4.52. The minimum atomic E-state index is -2.43. The van der Waals surface area contributed by atoms with Crippen LogP contribution in [0.1, 0.15) is 138 Å². The largest absolute Gasteiger partial charge is 0.491 e. The number of imidazole rings is 1.